The van der Waals surface area contributed by atoms with Crippen LogP contribution in [0.1, 0.15) is 47.8 Å². The zero-order chi connectivity index (χ0) is 42.1. The van der Waals surface area contributed by atoms with Gasteiger partial charge in [-0.2, -0.15) is 8.62 Å². The van der Waals surface area contributed by atoms with Crippen LogP contribution in [0.3, 0.4) is 0 Å². The van der Waals surface area contributed by atoms with Gasteiger partial charge in [0.05, 0.1) is 49.5 Å². The molecule has 29 heteroatoms. The van der Waals surface area contributed by atoms with Gasteiger partial charge in [-0.15, -0.1) is 0 Å². The lowest BCUT2D eigenvalue weighted by atomic mass is 10.0. The Labute approximate surface area is 332 Å². The molecule has 0 spiro atoms. The topological polar surface area (TPSA) is 360 Å². The number of carbonyl (C=O) groups is 4. The quantitative estimate of drug-likeness (QED) is 0.0330. The highest BCUT2D eigenvalue weighted by Crippen LogP contribution is 2.66. The van der Waals surface area contributed by atoms with Crippen LogP contribution in [-0.4, -0.2) is 144 Å². The lowest BCUT2D eigenvalue weighted by Crippen LogP contribution is -2.48. The fraction of sp³-hybridized carbons (Fsp3) is 0.607. The Hall–Kier alpha value is -2.66. The highest BCUT2D eigenvalue weighted by molar-refractivity contribution is 8.76. The Morgan fingerprint density at radius 1 is 1.07 bits per heavy atom. The van der Waals surface area contributed by atoms with E-state index >= 15 is 0 Å². The Morgan fingerprint density at radius 3 is 2.49 bits per heavy atom. The molecule has 4 rings (SSSR count). The number of phosphoric acid groups is 3. The number of nitrogens with one attached hydrogen (secondary N) is 3. The van der Waals surface area contributed by atoms with Crippen LogP contribution in [-0.2, 0) is 46.0 Å². The predicted molar refractivity (Wildman–Crippen MR) is 201 cm³/mol. The number of likely N-dealkylation sites (tertiary alicyclic amines) is 1. The fourth-order valence-electron chi connectivity index (χ4n) is 5.70. The molecular weight excluding hydrogens is 863 g/mol. The molecule has 1 aromatic rings. The molecule has 1 aromatic heterocycles. The number of aliphatic hydroxyl groups excluding tert-OH is 2. The maximum atomic E-state index is 13.0. The summed E-state index contributed by atoms with van der Waals surface area (Å²) < 4.78 is 53.6. The van der Waals surface area contributed by atoms with Crippen LogP contribution in [0.5, 0.6) is 0 Å². The molecule has 7 atom stereocenters. The third-order valence-electron chi connectivity index (χ3n) is 8.02. The molecule has 0 aliphatic carbocycles. The SMILES string of the molecule is CNCC(=O)N1C[C@H](O)C[C@H]1C(=O)NCCSSCCC(=O)NCC#Cc1cn([C@H]2C[C@@H](O)[C@@H](COP(=O)(O)OP(=O)(O)OP(=O)(O)O)O2)c2c1C(=O)CC(N)=N2. The number of amides is 3. The largest absolute Gasteiger partial charge is 0.490 e. The van der Waals surface area contributed by atoms with E-state index in [1.807, 2.05) is 0 Å². The standard InChI is InChI=1S/C28H42N7O17P3S2/c1-30-12-24(40)34-14-17(36)9-18(34)28(41)32-6-8-57-56-7-4-23(39)31-5-2-3-16-13-35(27-26(16)20(38)10-22(29)33-27)25-11-19(37)21(50-25)15-49-54(45,46)52-55(47,48)51-53(42,43)44/h13,17-19,21,25,30,36-37H,4-12,14-15H2,1H3,(H2,29,33)(H,31,39)(H,32,41)(H,45,46)(H,47,48)(H2,42,43,44)/t17-,18+,19-,21-,25-/m1/s1. The average molecular weight is 906 g/mol. The molecule has 2 unspecified atom stereocenters. The first kappa shape index (κ1) is 47.0. The molecule has 3 aliphatic heterocycles. The molecule has 24 nitrogen and oxygen atoms in total. The number of hydrogen-bond acceptors (Lipinski definition) is 18. The van der Waals surface area contributed by atoms with E-state index in [1.54, 1.807) is 7.05 Å². The van der Waals surface area contributed by atoms with Crippen molar-refractivity contribution in [2.45, 2.75) is 56.3 Å². The highest BCUT2D eigenvalue weighted by Gasteiger charge is 2.44. The van der Waals surface area contributed by atoms with Gasteiger partial charge in [0.1, 0.15) is 30.0 Å². The average Bonchev–Trinajstić information content (AvgIpc) is 3.78. The number of nitrogens with zero attached hydrogens (tertiary/aromatic N) is 3. The number of ketones is 1. The van der Waals surface area contributed by atoms with Crippen molar-refractivity contribution in [2.75, 3.05) is 51.3 Å². The van der Waals surface area contributed by atoms with Crippen LogP contribution in [0.15, 0.2) is 11.2 Å². The maximum Gasteiger partial charge on any atom is 0.490 e. The number of phosphoric ester groups is 1. The third-order valence-corrected chi connectivity index (χ3v) is 14.2. The van der Waals surface area contributed by atoms with Crippen molar-refractivity contribution in [3.8, 4) is 11.8 Å². The molecule has 0 saturated carbocycles. The smallest absolute Gasteiger partial charge is 0.391 e. The summed E-state index contributed by atoms with van der Waals surface area (Å²) in [6, 6.07) is -0.734. The Bertz CT molecular complexity index is 1920. The second-order valence-corrected chi connectivity index (χ2v) is 19.5. The number of carbonyl (C=O) groups excluding carboxylic acids is 4. The summed E-state index contributed by atoms with van der Waals surface area (Å²) in [5.41, 5.74) is 6.16. The molecule has 4 heterocycles. The van der Waals surface area contributed by atoms with Gasteiger partial charge >= 0.3 is 23.5 Å². The number of amidine groups is 1. The molecule has 0 bridgehead atoms. The van der Waals surface area contributed by atoms with Gasteiger partial charge < -0.3 is 65.7 Å². The predicted octanol–water partition coefficient (Wildman–Crippen LogP) is -1.41. The van der Waals surface area contributed by atoms with Crippen LogP contribution in [0.4, 0.5) is 5.82 Å². The molecule has 11 N–H and O–H groups in total. The zero-order valence-corrected chi connectivity index (χ0v) is 34.3. The van der Waals surface area contributed by atoms with Gasteiger partial charge in [0, 0.05) is 50.1 Å². The monoisotopic (exact) mass is 905 g/mol. The lowest BCUT2D eigenvalue weighted by Gasteiger charge is -2.23. The fourth-order valence-corrected chi connectivity index (χ4v) is 10.6. The third kappa shape index (κ3) is 14.2. The van der Waals surface area contributed by atoms with E-state index in [4.69, 9.17) is 20.3 Å². The number of ether oxygens (including phenoxy) is 1. The number of aliphatic hydroxyl groups is 2. The number of likely N-dealkylation sites (N-methyl/N-ethyl adjacent to an activating group) is 1. The maximum absolute atomic E-state index is 13.0. The molecule has 0 radical (unpaired) electrons. The molecule has 3 amide bonds. The summed E-state index contributed by atoms with van der Waals surface area (Å²) in [5, 5.41) is 28.7. The molecule has 57 heavy (non-hydrogen) atoms. The summed E-state index contributed by atoms with van der Waals surface area (Å²) in [7, 11) is -12.4. The van der Waals surface area contributed by atoms with Gasteiger partial charge in [-0.3, -0.25) is 23.7 Å². The minimum atomic E-state index is -5.76. The number of aliphatic imine (C=N–C) groups is 1. The van der Waals surface area contributed by atoms with Crippen molar-refractivity contribution in [1.82, 2.24) is 25.4 Å². The first-order valence-electron chi connectivity index (χ1n) is 16.8. The highest BCUT2D eigenvalue weighted by atomic mass is 33.1. The number of fused-ring (bicyclic) bond motifs is 1. The van der Waals surface area contributed by atoms with Crippen molar-refractivity contribution < 1.29 is 80.5 Å². The van der Waals surface area contributed by atoms with Crippen molar-refractivity contribution in [2.24, 2.45) is 10.7 Å². The molecule has 0 aromatic carbocycles. The Morgan fingerprint density at radius 2 is 1.79 bits per heavy atom. The number of hydrogen-bond donors (Lipinski definition) is 10. The van der Waals surface area contributed by atoms with E-state index in [0.29, 0.717) is 18.1 Å². The first-order valence-corrected chi connectivity index (χ1v) is 23.8. The molecule has 2 fully saturated rings. The number of rotatable bonds is 19. The van der Waals surface area contributed by atoms with E-state index in [0.717, 1.165) is 0 Å². The van der Waals surface area contributed by atoms with E-state index in [-0.39, 0.29) is 85.8 Å². The van der Waals surface area contributed by atoms with Crippen LogP contribution < -0.4 is 21.7 Å². The number of nitrogens with two attached hydrogens (primary N) is 1. The minimum absolute atomic E-state index is 0.0169. The van der Waals surface area contributed by atoms with Gasteiger partial charge in [-0.05, 0) is 7.05 Å². The van der Waals surface area contributed by atoms with Gasteiger partial charge in [-0.25, -0.2) is 18.7 Å². The van der Waals surface area contributed by atoms with Crippen LogP contribution in [0.25, 0.3) is 0 Å². The summed E-state index contributed by atoms with van der Waals surface area (Å²) in [6.45, 7) is -0.500. The second-order valence-electron chi connectivity index (χ2n) is 12.4. The molecular formula is C28H42N7O17P3S2. The van der Waals surface area contributed by atoms with Crippen molar-refractivity contribution in [1.29, 1.82) is 0 Å². The molecule has 318 valence electrons. The van der Waals surface area contributed by atoms with Gasteiger partial charge in [0.25, 0.3) is 0 Å². The number of aromatic nitrogens is 1. The minimum Gasteiger partial charge on any atom is -0.391 e. The summed E-state index contributed by atoms with van der Waals surface area (Å²) >= 11 is 0. The van der Waals surface area contributed by atoms with Crippen molar-refractivity contribution in [3.63, 3.8) is 0 Å². The second kappa shape index (κ2) is 20.5. The zero-order valence-electron chi connectivity index (χ0n) is 30.0. The van der Waals surface area contributed by atoms with Crippen LogP contribution in [0.2, 0.25) is 0 Å². The normalized spacial score (nSPS) is 24.1. The van der Waals surface area contributed by atoms with E-state index in [2.05, 4.69) is 45.9 Å². The molecule has 3 aliphatic rings. The van der Waals surface area contributed by atoms with E-state index in [1.165, 1.54) is 37.3 Å². The van der Waals surface area contributed by atoms with Crippen molar-refractivity contribution >= 4 is 80.2 Å². The lowest BCUT2D eigenvalue weighted by molar-refractivity contribution is -0.137. The van der Waals surface area contributed by atoms with Crippen LogP contribution in [0, 0.1) is 11.8 Å². The van der Waals surface area contributed by atoms with Gasteiger partial charge in [-0.1, -0.05) is 33.4 Å². The van der Waals surface area contributed by atoms with Gasteiger partial charge in [0.15, 0.2) is 5.78 Å². The van der Waals surface area contributed by atoms with Gasteiger partial charge in [0.2, 0.25) is 17.7 Å². The Balaban J connectivity index is 1.23. The summed E-state index contributed by atoms with van der Waals surface area (Å²) in [6.07, 6.45) is -3.18. The first-order chi connectivity index (χ1) is 26.7. The summed E-state index contributed by atoms with van der Waals surface area (Å²) in [4.78, 5) is 92.2. The van der Waals surface area contributed by atoms with Crippen LogP contribution >= 0.6 is 45.1 Å². The van der Waals surface area contributed by atoms with Crippen molar-refractivity contribution in [3.05, 3.63) is 17.3 Å². The molecule has 2 saturated heterocycles. The number of Topliss-reactive ketones (excluding diaryl/α,β-unsaturated/α-hetero) is 1. The summed E-state index contributed by atoms with van der Waals surface area (Å²) in [5.74, 6) is 5.29. The number of β-amino-alcohol motifs (C(OH)–C–C–N with tert-alkyl or cyclic N) is 1. The van der Waals surface area contributed by atoms with E-state index in [9.17, 15) is 52.9 Å². The van der Waals surface area contributed by atoms with E-state index < -0.39 is 66.4 Å². The Kier molecular flexibility index (Phi) is 16.9.